The molecule has 0 aliphatic rings. The van der Waals surface area contributed by atoms with Crippen molar-refractivity contribution < 1.29 is 23.4 Å². The molecule has 0 radical (unpaired) electrons. The Morgan fingerprint density at radius 2 is 1.70 bits per heavy atom. The van der Waals surface area contributed by atoms with Gasteiger partial charge in [0.1, 0.15) is 17.1 Å². The van der Waals surface area contributed by atoms with Crippen LogP contribution < -0.4 is 9.47 Å². The minimum absolute atomic E-state index is 0.130. The lowest BCUT2D eigenvalue weighted by Crippen LogP contribution is -2.12. The summed E-state index contributed by atoms with van der Waals surface area (Å²) in [5.41, 5.74) is -0.397. The highest BCUT2D eigenvalue weighted by Gasteiger charge is 2.36. The molecule has 6 heteroatoms. The van der Waals surface area contributed by atoms with E-state index in [1.54, 1.807) is 39.0 Å². The molecule has 0 amide bonds. The van der Waals surface area contributed by atoms with E-state index >= 15 is 0 Å². The molecule has 0 N–H and O–H groups in total. The number of hydrogen-bond donors (Lipinski definition) is 0. The van der Waals surface area contributed by atoms with Crippen molar-refractivity contribution in [2.24, 2.45) is 0 Å². The van der Waals surface area contributed by atoms with Gasteiger partial charge in [-0.05, 0) is 26.0 Å². The van der Waals surface area contributed by atoms with Crippen LogP contribution in [0.1, 0.15) is 31.1 Å². The van der Waals surface area contributed by atoms with Crippen molar-refractivity contribution in [2.75, 3.05) is 20.4 Å². The van der Waals surface area contributed by atoms with E-state index in [-0.39, 0.29) is 17.8 Å². The zero-order valence-corrected chi connectivity index (χ0v) is 13.4. The van der Waals surface area contributed by atoms with Crippen LogP contribution in [0.25, 0.3) is 0 Å². The van der Waals surface area contributed by atoms with E-state index in [2.05, 4.69) is 0 Å². The average Bonchev–Trinajstić information content (AvgIpc) is 2.44. The van der Waals surface area contributed by atoms with Gasteiger partial charge in [-0.3, -0.25) is 9.36 Å². The van der Waals surface area contributed by atoms with Crippen molar-refractivity contribution in [2.45, 2.75) is 26.9 Å². The standard InChI is InChI=1S/C14H21O5P/c1-6-20(16,19-10(2)3)14(15)13-11(17-4)8-7-9-12(13)18-5/h7-10H,6H2,1-5H3. The van der Waals surface area contributed by atoms with Gasteiger partial charge in [-0.15, -0.1) is 0 Å². The van der Waals surface area contributed by atoms with E-state index in [4.69, 9.17) is 14.0 Å². The molecule has 0 fully saturated rings. The molecule has 0 aliphatic carbocycles. The predicted octanol–water partition coefficient (Wildman–Crippen LogP) is 3.57. The monoisotopic (exact) mass is 300 g/mol. The molecule has 1 unspecified atom stereocenters. The van der Waals surface area contributed by atoms with Crippen LogP contribution in [0.3, 0.4) is 0 Å². The molecule has 112 valence electrons. The molecular formula is C14H21O5P. The summed E-state index contributed by atoms with van der Waals surface area (Å²) in [6.07, 6.45) is -0.170. The zero-order valence-electron chi connectivity index (χ0n) is 12.5. The SMILES string of the molecule is CCP(=O)(OC(C)C)C(=O)c1c(OC)cccc1OC. The maximum absolute atomic E-state index is 12.7. The summed E-state index contributed by atoms with van der Waals surface area (Å²) in [5.74, 6) is 0.658. The number of ether oxygens (including phenoxy) is 2. The van der Waals surface area contributed by atoms with Crippen LogP contribution in [-0.2, 0) is 9.09 Å². The van der Waals surface area contributed by atoms with E-state index in [0.29, 0.717) is 11.5 Å². The van der Waals surface area contributed by atoms with E-state index in [0.717, 1.165) is 0 Å². The summed E-state index contributed by atoms with van der Waals surface area (Å²) in [7, 11) is -0.548. The van der Waals surface area contributed by atoms with Gasteiger partial charge < -0.3 is 14.0 Å². The van der Waals surface area contributed by atoms with Crippen molar-refractivity contribution in [3.8, 4) is 11.5 Å². The lowest BCUT2D eigenvalue weighted by Gasteiger charge is -2.20. The molecule has 5 nitrogen and oxygen atoms in total. The fraction of sp³-hybridized carbons (Fsp3) is 0.500. The zero-order chi connectivity index (χ0) is 15.3. The first kappa shape index (κ1) is 16.7. The smallest absolute Gasteiger partial charge is 0.271 e. The summed E-state index contributed by atoms with van der Waals surface area (Å²) in [5, 5.41) is 0. The normalized spacial score (nSPS) is 13.9. The Bertz CT molecular complexity index is 502. The number of rotatable bonds is 7. The summed E-state index contributed by atoms with van der Waals surface area (Å²) < 4.78 is 28.5. The highest BCUT2D eigenvalue weighted by molar-refractivity contribution is 7.77. The van der Waals surface area contributed by atoms with Gasteiger partial charge in [0, 0.05) is 6.16 Å². The Hall–Kier alpha value is -1.32. The first-order chi connectivity index (χ1) is 9.39. The summed E-state index contributed by atoms with van der Waals surface area (Å²) in [4.78, 5) is 12.6. The Balaban J connectivity index is 3.35. The minimum atomic E-state index is -3.45. The van der Waals surface area contributed by atoms with Crippen molar-refractivity contribution in [3.05, 3.63) is 23.8 Å². The van der Waals surface area contributed by atoms with Crippen molar-refractivity contribution in [1.82, 2.24) is 0 Å². The van der Waals surface area contributed by atoms with E-state index in [1.165, 1.54) is 14.2 Å². The van der Waals surface area contributed by atoms with Crippen molar-refractivity contribution >= 4 is 12.9 Å². The molecule has 1 aromatic rings. The van der Waals surface area contributed by atoms with Crippen LogP contribution in [0.4, 0.5) is 0 Å². The Morgan fingerprint density at radius 3 is 2.05 bits per heavy atom. The van der Waals surface area contributed by atoms with Gasteiger partial charge in [0.15, 0.2) is 0 Å². The summed E-state index contributed by atoms with van der Waals surface area (Å²) >= 11 is 0. The van der Waals surface area contributed by atoms with Gasteiger partial charge in [-0.1, -0.05) is 13.0 Å². The molecule has 0 saturated heterocycles. The van der Waals surface area contributed by atoms with Gasteiger partial charge in [0.2, 0.25) is 0 Å². The molecule has 1 aromatic carbocycles. The fourth-order valence-electron chi connectivity index (χ4n) is 1.84. The maximum atomic E-state index is 12.7. The predicted molar refractivity (Wildman–Crippen MR) is 78.2 cm³/mol. The van der Waals surface area contributed by atoms with Crippen LogP contribution >= 0.6 is 7.37 Å². The first-order valence-corrected chi connectivity index (χ1v) is 8.24. The third-order valence-electron chi connectivity index (χ3n) is 2.75. The number of hydrogen-bond acceptors (Lipinski definition) is 5. The van der Waals surface area contributed by atoms with Crippen LogP contribution in [0, 0.1) is 0 Å². The third kappa shape index (κ3) is 3.41. The number of methoxy groups -OCH3 is 2. The summed E-state index contributed by atoms with van der Waals surface area (Å²) in [6, 6.07) is 4.96. The molecule has 0 bridgehead atoms. The Kier molecular flexibility index (Phi) is 5.78. The molecule has 1 rings (SSSR count). The van der Waals surface area contributed by atoms with Gasteiger partial charge >= 0.3 is 0 Å². The van der Waals surface area contributed by atoms with Gasteiger partial charge in [0.25, 0.3) is 12.9 Å². The molecule has 0 saturated carbocycles. The molecule has 0 aliphatic heterocycles. The van der Waals surface area contributed by atoms with E-state index in [9.17, 15) is 9.36 Å². The average molecular weight is 300 g/mol. The number of benzene rings is 1. The first-order valence-electron chi connectivity index (χ1n) is 6.43. The maximum Gasteiger partial charge on any atom is 0.271 e. The molecule has 1 atom stereocenters. The number of carbonyl (C=O) groups is 1. The van der Waals surface area contributed by atoms with Crippen LogP contribution in [-0.4, -0.2) is 32.0 Å². The summed E-state index contributed by atoms with van der Waals surface area (Å²) in [6.45, 7) is 5.16. The fourth-order valence-corrected chi connectivity index (χ4v) is 3.61. The van der Waals surface area contributed by atoms with E-state index in [1.807, 2.05) is 0 Å². The van der Waals surface area contributed by atoms with Gasteiger partial charge in [0.05, 0.1) is 20.3 Å². The van der Waals surface area contributed by atoms with Crippen LogP contribution in [0.5, 0.6) is 11.5 Å². The van der Waals surface area contributed by atoms with Crippen molar-refractivity contribution in [3.63, 3.8) is 0 Å². The minimum Gasteiger partial charge on any atom is -0.496 e. The van der Waals surface area contributed by atoms with Gasteiger partial charge in [-0.2, -0.15) is 0 Å². The Labute approximate surface area is 119 Å². The highest BCUT2D eigenvalue weighted by Crippen LogP contribution is 2.53. The lowest BCUT2D eigenvalue weighted by atomic mass is 10.2. The van der Waals surface area contributed by atoms with Crippen LogP contribution in [0.2, 0.25) is 0 Å². The molecule has 0 spiro atoms. The Morgan fingerprint density at radius 1 is 1.20 bits per heavy atom. The van der Waals surface area contributed by atoms with Crippen LogP contribution in [0.15, 0.2) is 18.2 Å². The lowest BCUT2D eigenvalue weighted by molar-refractivity contribution is 0.103. The molecule has 0 aromatic heterocycles. The molecule has 0 heterocycles. The second-order valence-corrected chi connectivity index (χ2v) is 7.08. The van der Waals surface area contributed by atoms with Crippen molar-refractivity contribution in [1.29, 1.82) is 0 Å². The number of carbonyl (C=O) groups excluding carboxylic acids is 1. The topological polar surface area (TPSA) is 61.8 Å². The largest absolute Gasteiger partial charge is 0.496 e. The van der Waals surface area contributed by atoms with E-state index < -0.39 is 12.9 Å². The van der Waals surface area contributed by atoms with Gasteiger partial charge in [-0.25, -0.2) is 0 Å². The molecular weight excluding hydrogens is 279 g/mol. The molecule has 20 heavy (non-hydrogen) atoms. The highest BCUT2D eigenvalue weighted by atomic mass is 31.2. The second kappa shape index (κ2) is 6.91. The third-order valence-corrected chi connectivity index (χ3v) is 5.19. The second-order valence-electron chi connectivity index (χ2n) is 4.49. The quantitative estimate of drug-likeness (QED) is 0.720.